The lowest BCUT2D eigenvalue weighted by Crippen LogP contribution is -2.19. The Morgan fingerprint density at radius 1 is 1.27 bits per heavy atom. The second-order valence-electron chi connectivity index (χ2n) is 4.71. The zero-order chi connectivity index (χ0) is 11.3. The molecule has 0 aromatic carbocycles. The van der Waals surface area contributed by atoms with Crippen LogP contribution in [0, 0.1) is 5.41 Å². The van der Waals surface area contributed by atoms with Gasteiger partial charge in [-0.1, -0.05) is 20.8 Å². The van der Waals surface area contributed by atoms with E-state index < -0.39 is 0 Å². The molecule has 0 spiro atoms. The molecule has 0 bridgehead atoms. The fraction of sp³-hybridized carbons (Fsp3) is 0.636. The zero-order valence-electron chi connectivity index (χ0n) is 9.96. The van der Waals surface area contributed by atoms with Crippen molar-refractivity contribution in [3.05, 3.63) is 12.3 Å². The highest BCUT2D eigenvalue weighted by Crippen LogP contribution is 2.14. The lowest BCUT2D eigenvalue weighted by Gasteiger charge is -2.19. The summed E-state index contributed by atoms with van der Waals surface area (Å²) in [5.74, 6) is 1.55. The number of hydrogen-bond donors (Lipinski definition) is 2. The van der Waals surface area contributed by atoms with E-state index in [0.717, 1.165) is 18.9 Å². The summed E-state index contributed by atoms with van der Waals surface area (Å²) in [6.45, 7) is 10.3. The molecule has 15 heavy (non-hydrogen) atoms. The van der Waals surface area contributed by atoms with E-state index >= 15 is 0 Å². The number of nitrogens with one attached hydrogen (secondary N) is 2. The van der Waals surface area contributed by atoms with E-state index in [-0.39, 0.29) is 5.41 Å². The smallest absolute Gasteiger partial charge is 0.224 e. The molecule has 1 rings (SSSR count). The normalized spacial score (nSPS) is 11.2. The monoisotopic (exact) mass is 208 g/mol. The van der Waals surface area contributed by atoms with Gasteiger partial charge in [-0.2, -0.15) is 4.98 Å². The number of aromatic nitrogens is 2. The number of anilines is 2. The molecule has 0 saturated carbocycles. The quantitative estimate of drug-likeness (QED) is 0.797. The van der Waals surface area contributed by atoms with Crippen LogP contribution >= 0.6 is 0 Å². The van der Waals surface area contributed by atoms with Gasteiger partial charge in [0.05, 0.1) is 0 Å². The largest absolute Gasteiger partial charge is 0.369 e. The summed E-state index contributed by atoms with van der Waals surface area (Å²) in [5, 5.41) is 6.38. The Labute approximate surface area is 91.5 Å². The summed E-state index contributed by atoms with van der Waals surface area (Å²) in [6.07, 6.45) is 1.76. The Morgan fingerprint density at radius 3 is 2.60 bits per heavy atom. The van der Waals surface area contributed by atoms with Gasteiger partial charge in [-0.3, -0.25) is 0 Å². The molecule has 4 heteroatoms. The van der Waals surface area contributed by atoms with Crippen LogP contribution in [0.2, 0.25) is 0 Å². The van der Waals surface area contributed by atoms with E-state index in [0.29, 0.717) is 5.95 Å². The van der Waals surface area contributed by atoms with Gasteiger partial charge in [0.25, 0.3) is 0 Å². The molecule has 0 aliphatic heterocycles. The van der Waals surface area contributed by atoms with Gasteiger partial charge in [0, 0.05) is 19.3 Å². The van der Waals surface area contributed by atoms with Gasteiger partial charge in [-0.25, -0.2) is 4.98 Å². The van der Waals surface area contributed by atoms with Crippen molar-refractivity contribution in [2.24, 2.45) is 5.41 Å². The minimum atomic E-state index is 0.253. The van der Waals surface area contributed by atoms with Gasteiger partial charge >= 0.3 is 0 Å². The van der Waals surface area contributed by atoms with Crippen LogP contribution in [0.3, 0.4) is 0 Å². The summed E-state index contributed by atoms with van der Waals surface area (Å²) in [6, 6.07) is 1.88. The maximum atomic E-state index is 4.33. The molecule has 0 amide bonds. The molecule has 1 aromatic heterocycles. The first-order valence-electron chi connectivity index (χ1n) is 5.32. The van der Waals surface area contributed by atoms with Crippen LogP contribution in [0.25, 0.3) is 0 Å². The SMILES string of the molecule is CCNc1nccc(NCC(C)(C)C)n1. The molecule has 2 N–H and O–H groups in total. The Morgan fingerprint density at radius 2 is 2.00 bits per heavy atom. The predicted octanol–water partition coefficient (Wildman–Crippen LogP) is 2.37. The minimum absolute atomic E-state index is 0.253. The van der Waals surface area contributed by atoms with Crippen LogP contribution < -0.4 is 10.6 Å². The summed E-state index contributed by atoms with van der Waals surface area (Å²) < 4.78 is 0. The van der Waals surface area contributed by atoms with E-state index in [1.165, 1.54) is 0 Å². The molecule has 0 aliphatic carbocycles. The first-order chi connectivity index (χ1) is 7.01. The summed E-state index contributed by atoms with van der Waals surface area (Å²) in [4.78, 5) is 8.44. The molecule has 1 heterocycles. The highest BCUT2D eigenvalue weighted by Gasteiger charge is 2.09. The molecule has 0 atom stereocenters. The van der Waals surface area contributed by atoms with E-state index in [1.54, 1.807) is 6.20 Å². The van der Waals surface area contributed by atoms with Crippen LogP contribution in [0.15, 0.2) is 12.3 Å². The van der Waals surface area contributed by atoms with E-state index in [2.05, 4.69) is 41.4 Å². The lowest BCUT2D eigenvalue weighted by atomic mass is 9.97. The number of nitrogens with zero attached hydrogens (tertiary/aromatic N) is 2. The molecule has 0 radical (unpaired) electrons. The molecule has 4 nitrogen and oxygen atoms in total. The molecule has 84 valence electrons. The maximum absolute atomic E-state index is 4.33. The fourth-order valence-electron chi connectivity index (χ4n) is 1.06. The average molecular weight is 208 g/mol. The standard InChI is InChI=1S/C11H20N4/c1-5-12-10-13-7-6-9(15-10)14-8-11(2,3)4/h6-7H,5,8H2,1-4H3,(H2,12,13,14,15). The van der Waals surface area contributed by atoms with Crippen molar-refractivity contribution in [2.45, 2.75) is 27.7 Å². The van der Waals surface area contributed by atoms with Crippen molar-refractivity contribution in [2.75, 3.05) is 23.7 Å². The average Bonchev–Trinajstić information content (AvgIpc) is 2.15. The molecule has 0 fully saturated rings. The van der Waals surface area contributed by atoms with Crippen molar-refractivity contribution >= 4 is 11.8 Å². The van der Waals surface area contributed by atoms with Crippen molar-refractivity contribution in [3.63, 3.8) is 0 Å². The second-order valence-corrected chi connectivity index (χ2v) is 4.71. The van der Waals surface area contributed by atoms with Crippen LogP contribution in [0.1, 0.15) is 27.7 Å². The van der Waals surface area contributed by atoms with Crippen LogP contribution in [0.5, 0.6) is 0 Å². The summed E-state index contributed by atoms with van der Waals surface area (Å²) >= 11 is 0. The van der Waals surface area contributed by atoms with Crippen molar-refractivity contribution in [1.82, 2.24) is 9.97 Å². The molecular formula is C11H20N4. The molecule has 0 aliphatic rings. The summed E-state index contributed by atoms with van der Waals surface area (Å²) in [7, 11) is 0. The third-order valence-corrected chi connectivity index (χ3v) is 1.79. The van der Waals surface area contributed by atoms with Crippen molar-refractivity contribution < 1.29 is 0 Å². The molecular weight excluding hydrogens is 188 g/mol. The summed E-state index contributed by atoms with van der Waals surface area (Å²) in [5.41, 5.74) is 0.253. The molecule has 0 saturated heterocycles. The zero-order valence-corrected chi connectivity index (χ0v) is 9.96. The predicted molar refractivity (Wildman–Crippen MR) is 64.1 cm³/mol. The van der Waals surface area contributed by atoms with Gasteiger partial charge in [0.2, 0.25) is 5.95 Å². The topological polar surface area (TPSA) is 49.8 Å². The lowest BCUT2D eigenvalue weighted by molar-refractivity contribution is 0.442. The van der Waals surface area contributed by atoms with E-state index in [4.69, 9.17) is 0 Å². The first kappa shape index (κ1) is 11.8. The number of rotatable bonds is 4. The van der Waals surface area contributed by atoms with E-state index in [9.17, 15) is 0 Å². The number of hydrogen-bond acceptors (Lipinski definition) is 4. The second kappa shape index (κ2) is 4.96. The van der Waals surface area contributed by atoms with Crippen LogP contribution in [-0.2, 0) is 0 Å². The molecule has 1 aromatic rings. The van der Waals surface area contributed by atoms with Gasteiger partial charge < -0.3 is 10.6 Å². The van der Waals surface area contributed by atoms with Gasteiger partial charge in [-0.15, -0.1) is 0 Å². The van der Waals surface area contributed by atoms with Crippen molar-refractivity contribution in [3.8, 4) is 0 Å². The van der Waals surface area contributed by atoms with Crippen LogP contribution in [-0.4, -0.2) is 23.1 Å². The third kappa shape index (κ3) is 4.63. The minimum Gasteiger partial charge on any atom is -0.369 e. The highest BCUT2D eigenvalue weighted by molar-refractivity contribution is 5.39. The Hall–Kier alpha value is -1.32. The fourth-order valence-corrected chi connectivity index (χ4v) is 1.06. The highest BCUT2D eigenvalue weighted by atomic mass is 15.1. The van der Waals surface area contributed by atoms with E-state index in [1.807, 2.05) is 13.0 Å². The van der Waals surface area contributed by atoms with Gasteiger partial charge in [-0.05, 0) is 18.4 Å². The maximum Gasteiger partial charge on any atom is 0.224 e. The third-order valence-electron chi connectivity index (χ3n) is 1.79. The Bertz CT molecular complexity index is 304. The van der Waals surface area contributed by atoms with Crippen molar-refractivity contribution in [1.29, 1.82) is 0 Å². The molecule has 0 unspecified atom stereocenters. The Balaban J connectivity index is 2.57. The first-order valence-corrected chi connectivity index (χ1v) is 5.32. The Kier molecular flexibility index (Phi) is 3.88. The van der Waals surface area contributed by atoms with Gasteiger partial charge in [0.1, 0.15) is 5.82 Å². The van der Waals surface area contributed by atoms with Crippen LogP contribution in [0.4, 0.5) is 11.8 Å². The van der Waals surface area contributed by atoms with Gasteiger partial charge in [0.15, 0.2) is 0 Å².